The fourth-order valence-electron chi connectivity index (χ4n) is 14.0. The fourth-order valence-corrected chi connectivity index (χ4v) is 14.5. The van der Waals surface area contributed by atoms with Crippen LogP contribution >= 0.6 is 0 Å². The Balaban J connectivity index is 0.000000213. The second-order valence-corrected chi connectivity index (χ2v) is 30.6. The van der Waals surface area contributed by atoms with Crippen LogP contribution in [-0.4, -0.2) is 108 Å². The molecule has 0 spiro atoms. The Morgan fingerprint density at radius 1 is 0.544 bits per heavy atom. The summed E-state index contributed by atoms with van der Waals surface area (Å²) in [6, 6.07) is 10.8. The van der Waals surface area contributed by atoms with Gasteiger partial charge in [0.2, 0.25) is 0 Å². The number of nitrogens with two attached hydrogens (primary N) is 1. The molecule has 103 heavy (non-hydrogen) atoms. The van der Waals surface area contributed by atoms with Crippen LogP contribution in [0, 0.1) is 102 Å². The number of carbonyl (C=O) groups excluding carboxylic acids is 2. The van der Waals surface area contributed by atoms with Crippen molar-refractivity contribution in [2.45, 2.75) is 194 Å². The van der Waals surface area contributed by atoms with Gasteiger partial charge in [-0.2, -0.15) is 32.1 Å². The number of aromatic nitrogens is 3. The number of halogens is 6. The molecule has 3 saturated heterocycles. The first-order chi connectivity index (χ1) is 47.8. The molecular weight excluding hydrogens is 1420 g/mol. The van der Waals surface area contributed by atoms with E-state index in [2.05, 4.69) is 27.0 Å². The Bertz CT molecular complexity index is 4670. The van der Waals surface area contributed by atoms with E-state index in [9.17, 15) is 56.1 Å². The second-order valence-electron chi connectivity index (χ2n) is 29.0. The van der Waals surface area contributed by atoms with E-state index in [1.807, 2.05) is 65.2 Å². The van der Waals surface area contributed by atoms with Crippen LogP contribution < -0.4 is 51.9 Å². The Morgan fingerprint density at radius 3 is 1.14 bits per heavy atom. The standard InChI is InChI=1S/C25H31F4N3O6S.C25H31FN4O3.C20H23FN4O.2CN.Zn/c1-13-21-17(19(38-39(35,36)25(27,28)29)11-20(33)32(21)16-6-7-16)10-18(26)22(13)31-9-8-15(12-31)14(2)30-23(34)37-24(3,4)5;1-14-22-19(17(12-27)10-21(31)30(22)18-6-7-18)11-20(26)23(14)29-9-8-16(13-29)15(2)28-24(32)33-25(3,4)5;1-11-19-16(14(9-22)7-18(26)25(19)15-3-4-15)8-17(21)20(11)24-6-5-13(10-24)12(2)23;2*1-2;/h10-11,14-16H,6-9,12H2,1-5H3,(H,30,34);10-11,15-16,18H,6-9,13H2,1-5H3,(H,28,32);7-8,12-13,15H,3-6,10,23H2,1-2H3;;;/q;;;2*-1;+2/t14-,15+;15-,16+;12-,13+;;;/m000.../s1. The third-order valence-electron chi connectivity index (χ3n) is 19.2. The molecule has 3 aromatic heterocycles. The zero-order chi connectivity index (χ0) is 75.7. The Labute approximate surface area is 606 Å². The molecule has 3 aliphatic carbocycles. The largest absolute Gasteiger partial charge is 2.00 e. The first-order valence-corrected chi connectivity index (χ1v) is 35.1. The van der Waals surface area contributed by atoms with Crippen LogP contribution in [0.5, 0.6) is 5.75 Å². The van der Waals surface area contributed by atoms with Crippen molar-refractivity contribution in [3.8, 4) is 17.9 Å². The number of benzene rings is 3. The number of ether oxygens (including phenoxy) is 2. The van der Waals surface area contributed by atoms with E-state index in [0.717, 1.165) is 56.7 Å². The predicted octanol–water partition coefficient (Wildman–Crippen LogP) is 12.2. The number of hydrogen-bond acceptors (Lipinski definition) is 18. The maximum Gasteiger partial charge on any atom is 2.00 e. The van der Waals surface area contributed by atoms with Crippen molar-refractivity contribution >= 4 is 72.1 Å². The summed E-state index contributed by atoms with van der Waals surface area (Å²) < 4.78 is 128. The van der Waals surface area contributed by atoms with Gasteiger partial charge < -0.3 is 82.1 Å². The van der Waals surface area contributed by atoms with Crippen molar-refractivity contribution in [1.82, 2.24) is 24.3 Å². The average molecular weight is 1500 g/mol. The van der Waals surface area contributed by atoms with Gasteiger partial charge in [0, 0.05) is 110 Å². The number of alkyl halides is 3. The van der Waals surface area contributed by atoms with Crippen molar-refractivity contribution in [1.29, 1.82) is 21.0 Å². The van der Waals surface area contributed by atoms with Crippen molar-refractivity contribution < 1.29 is 77.5 Å². The maximum absolute atomic E-state index is 15.6. The van der Waals surface area contributed by atoms with Crippen molar-refractivity contribution in [2.24, 2.45) is 23.5 Å². The van der Waals surface area contributed by atoms with Crippen molar-refractivity contribution in [3.05, 3.63) is 126 Å². The topological polar surface area (TPSA) is 317 Å². The van der Waals surface area contributed by atoms with E-state index >= 15 is 13.2 Å². The molecule has 3 aliphatic heterocycles. The molecule has 3 saturated carbocycles. The minimum atomic E-state index is -6.09. The number of amides is 2. The smallest absolute Gasteiger partial charge is 0.512 e. The summed E-state index contributed by atoms with van der Waals surface area (Å²) in [4.78, 5) is 68.4. The molecule has 6 aliphatic rings. The maximum atomic E-state index is 15.6. The number of carbonyl (C=O) groups is 2. The SMILES string of the molecule is Cc1c(N2CC[C@@H]([C@H](C)N)C2)c(F)cc2c(C#N)cc(=O)n(C3CC3)c12.Cc1c(N2CC[C@@H]([C@H](C)NC(=O)OC(C)(C)C)C2)c(F)cc2c(C#N)cc(=O)n(C3CC3)c12.Cc1c(N2CC[C@@H]([C@H](C)NC(=O)OC(C)(C)C)C2)c(F)cc2c(OS(=O)(=O)C(F)(F)F)cc(=O)n(C3CC3)c12.[C-]#N.[C-]#N.[Zn+2]. The van der Waals surface area contributed by atoms with E-state index in [4.69, 9.17) is 38.9 Å². The summed E-state index contributed by atoms with van der Waals surface area (Å²) in [7, 11) is -6.09. The first-order valence-electron chi connectivity index (χ1n) is 33.7. The number of aryl methyl sites for hydroxylation is 3. The van der Waals surface area contributed by atoms with Crippen molar-refractivity contribution in [2.75, 3.05) is 54.0 Å². The van der Waals surface area contributed by atoms with Gasteiger partial charge in [0.1, 0.15) is 40.8 Å². The van der Waals surface area contributed by atoms with Crippen LogP contribution in [0.2, 0.25) is 0 Å². The Morgan fingerprint density at radius 2 is 0.845 bits per heavy atom. The summed E-state index contributed by atoms with van der Waals surface area (Å²) in [5, 5.41) is 37.9. The molecular formula is C72H85F6N13O10SZn. The molecule has 6 fully saturated rings. The Kier molecular flexibility index (Phi) is 25.3. The van der Waals surface area contributed by atoms with Gasteiger partial charge in [0.05, 0.1) is 44.7 Å². The van der Waals surface area contributed by atoms with Crippen LogP contribution in [0.25, 0.3) is 32.7 Å². The molecule has 6 atom stereocenters. The zero-order valence-electron chi connectivity index (χ0n) is 59.8. The van der Waals surface area contributed by atoms with Gasteiger partial charge in [-0.05, 0) is 194 Å². The summed E-state index contributed by atoms with van der Waals surface area (Å²) >= 11 is 0. The van der Waals surface area contributed by atoms with Gasteiger partial charge in [0.25, 0.3) is 16.7 Å². The molecule has 548 valence electrons. The fraction of sp³-hybridized carbons (Fsp3) is 0.542. The quantitative estimate of drug-likeness (QED) is 0.0318. The number of nitriles is 2. The van der Waals surface area contributed by atoms with Gasteiger partial charge in [-0.25, -0.2) is 22.8 Å². The molecule has 2 amide bonds. The summed E-state index contributed by atoms with van der Waals surface area (Å²) in [6.07, 6.45) is 6.30. The monoisotopic (exact) mass is 1500 g/mol. The first kappa shape index (κ1) is 81.4. The van der Waals surface area contributed by atoms with Gasteiger partial charge >= 0.3 is 47.3 Å². The molecule has 4 N–H and O–H groups in total. The third kappa shape index (κ3) is 18.0. The minimum Gasteiger partial charge on any atom is -0.512 e. The van der Waals surface area contributed by atoms with Gasteiger partial charge in [-0.1, -0.05) is 0 Å². The molecule has 0 bridgehead atoms. The predicted molar refractivity (Wildman–Crippen MR) is 371 cm³/mol. The van der Waals surface area contributed by atoms with E-state index in [-0.39, 0.29) is 118 Å². The van der Waals surface area contributed by atoms with Crippen LogP contribution in [0.4, 0.5) is 53.0 Å². The number of anilines is 3. The zero-order valence-corrected chi connectivity index (χ0v) is 63.6. The van der Waals surface area contributed by atoms with Crippen LogP contribution in [0.1, 0.15) is 166 Å². The number of hydrogen-bond donors (Lipinski definition) is 3. The molecule has 6 heterocycles. The number of pyridine rings is 3. The van der Waals surface area contributed by atoms with Gasteiger partial charge in [0.15, 0.2) is 5.75 Å². The molecule has 3 aromatic carbocycles. The molecule has 6 aromatic rings. The van der Waals surface area contributed by atoms with E-state index in [1.165, 1.54) is 35.8 Å². The number of nitrogens with one attached hydrogen (secondary N) is 2. The summed E-state index contributed by atoms with van der Waals surface area (Å²) in [5.74, 6) is -2.02. The van der Waals surface area contributed by atoms with E-state index < -0.39 is 62.0 Å². The third-order valence-corrected chi connectivity index (χ3v) is 20.2. The number of fused-ring (bicyclic) bond motifs is 3. The second kappa shape index (κ2) is 32.0. The van der Waals surface area contributed by atoms with Gasteiger partial charge in [-0.3, -0.25) is 14.4 Å². The molecule has 23 nitrogen and oxygen atoms in total. The van der Waals surface area contributed by atoms with E-state index in [0.29, 0.717) is 103 Å². The molecule has 31 heteroatoms. The summed E-state index contributed by atoms with van der Waals surface area (Å²) in [5.41, 5.74) is 2.72. The number of rotatable bonds is 13. The molecule has 0 radical (unpaired) electrons. The molecule has 0 unspecified atom stereocenters. The molecule has 12 rings (SSSR count). The van der Waals surface area contributed by atoms with Crippen LogP contribution in [0.3, 0.4) is 0 Å². The number of nitrogens with zero attached hydrogens (tertiary/aromatic N) is 10. The summed E-state index contributed by atoms with van der Waals surface area (Å²) in [6.45, 7) is 34.6. The van der Waals surface area contributed by atoms with E-state index in [1.54, 1.807) is 34.8 Å². The Hall–Kier alpha value is -8.90. The van der Waals surface area contributed by atoms with Gasteiger partial charge in [-0.15, -0.1) is 0 Å². The normalized spacial score (nSPS) is 18.9. The average Bonchev–Trinajstić information content (AvgIpc) is 1.74. The van der Waals surface area contributed by atoms with Crippen LogP contribution in [-0.2, 0) is 39.1 Å². The van der Waals surface area contributed by atoms with Crippen molar-refractivity contribution in [3.63, 3.8) is 0 Å². The minimum absolute atomic E-state index is 0. The number of alkyl carbamates (subject to hydrolysis) is 2. The van der Waals surface area contributed by atoms with Crippen LogP contribution in [0.15, 0.2) is 50.8 Å².